The second kappa shape index (κ2) is 5.19. The molecule has 0 aliphatic carbocycles. The number of amides is 1. The minimum absolute atomic E-state index is 0.120. The molecule has 0 radical (unpaired) electrons. The van der Waals surface area contributed by atoms with E-state index >= 15 is 0 Å². The van der Waals surface area contributed by atoms with Crippen molar-refractivity contribution in [1.82, 2.24) is 5.32 Å². The number of benzene rings is 1. The molecule has 5 nitrogen and oxygen atoms in total. The minimum atomic E-state index is 0.120. The number of carbonyl (C=O) groups excluding carboxylic acids is 1. The number of hydrogen-bond acceptors (Lipinski definition) is 4. The predicted octanol–water partition coefficient (Wildman–Crippen LogP) is 0.589. The lowest BCUT2D eigenvalue weighted by molar-refractivity contribution is -0.118. The van der Waals surface area contributed by atoms with Gasteiger partial charge < -0.3 is 15.0 Å². The van der Waals surface area contributed by atoms with Gasteiger partial charge in [-0.3, -0.25) is 9.69 Å². The topological polar surface area (TPSA) is 44.8 Å². The molecule has 0 saturated carbocycles. The van der Waals surface area contributed by atoms with Crippen LogP contribution in [0.4, 0.5) is 11.4 Å². The first-order valence-electron chi connectivity index (χ1n) is 6.67. The lowest BCUT2D eigenvalue weighted by Gasteiger charge is -2.30. The quantitative estimate of drug-likeness (QED) is 0.865. The molecule has 0 bridgehead atoms. The number of anilines is 2. The number of rotatable bonds is 3. The van der Waals surface area contributed by atoms with Crippen LogP contribution in [0.15, 0.2) is 18.2 Å². The molecule has 19 heavy (non-hydrogen) atoms. The zero-order valence-corrected chi connectivity index (χ0v) is 11.2. The number of piperazine rings is 1. The van der Waals surface area contributed by atoms with E-state index in [0.29, 0.717) is 13.2 Å². The van der Waals surface area contributed by atoms with Gasteiger partial charge in [0.15, 0.2) is 0 Å². The van der Waals surface area contributed by atoms with Gasteiger partial charge in [-0.1, -0.05) is 0 Å². The molecule has 0 aromatic heterocycles. The van der Waals surface area contributed by atoms with Crippen molar-refractivity contribution in [3.63, 3.8) is 0 Å². The molecule has 2 aliphatic heterocycles. The lowest BCUT2D eigenvalue weighted by Crippen LogP contribution is -2.43. The Hall–Kier alpha value is -1.59. The van der Waals surface area contributed by atoms with Gasteiger partial charge in [0.1, 0.15) is 6.73 Å². The van der Waals surface area contributed by atoms with Gasteiger partial charge in [0.05, 0.1) is 6.42 Å². The lowest BCUT2D eigenvalue weighted by atomic mass is 10.1. The molecule has 102 valence electrons. The van der Waals surface area contributed by atoms with E-state index in [4.69, 9.17) is 4.74 Å². The molecule has 5 heteroatoms. The second-order valence-corrected chi connectivity index (χ2v) is 4.97. The monoisotopic (exact) mass is 261 g/mol. The third kappa shape index (κ3) is 2.31. The summed E-state index contributed by atoms with van der Waals surface area (Å²) in [5, 5.41) is 3.35. The normalized spacial score (nSPS) is 18.9. The molecule has 0 spiro atoms. The summed E-state index contributed by atoms with van der Waals surface area (Å²) in [6.45, 7) is 4.42. The van der Waals surface area contributed by atoms with Crippen LogP contribution in [0.1, 0.15) is 5.56 Å². The first-order chi connectivity index (χ1) is 9.29. The number of ether oxygens (including phenoxy) is 1. The molecule has 2 heterocycles. The van der Waals surface area contributed by atoms with E-state index in [2.05, 4.69) is 22.3 Å². The maximum atomic E-state index is 11.9. The number of methoxy groups -OCH3 is 1. The third-order valence-electron chi connectivity index (χ3n) is 3.74. The number of fused-ring (bicyclic) bond motifs is 1. The Morgan fingerprint density at radius 3 is 2.84 bits per heavy atom. The van der Waals surface area contributed by atoms with Crippen molar-refractivity contribution in [1.29, 1.82) is 0 Å². The van der Waals surface area contributed by atoms with E-state index in [1.807, 2.05) is 6.07 Å². The Labute approximate surface area is 113 Å². The van der Waals surface area contributed by atoms with Crippen LogP contribution in [0.2, 0.25) is 0 Å². The molecule has 1 amide bonds. The van der Waals surface area contributed by atoms with Gasteiger partial charge in [-0.05, 0) is 23.8 Å². The van der Waals surface area contributed by atoms with Gasteiger partial charge in [-0.25, -0.2) is 0 Å². The van der Waals surface area contributed by atoms with E-state index in [1.165, 1.54) is 5.69 Å². The van der Waals surface area contributed by atoms with Crippen LogP contribution in [-0.2, 0) is 16.0 Å². The van der Waals surface area contributed by atoms with Crippen LogP contribution in [0, 0.1) is 0 Å². The van der Waals surface area contributed by atoms with Gasteiger partial charge in [0.2, 0.25) is 5.91 Å². The molecule has 1 aromatic carbocycles. The van der Waals surface area contributed by atoms with Gasteiger partial charge in [-0.15, -0.1) is 0 Å². The average molecular weight is 261 g/mol. The van der Waals surface area contributed by atoms with Crippen molar-refractivity contribution >= 4 is 17.3 Å². The van der Waals surface area contributed by atoms with Crippen LogP contribution in [0.25, 0.3) is 0 Å². The zero-order valence-electron chi connectivity index (χ0n) is 11.2. The molecule has 0 unspecified atom stereocenters. The van der Waals surface area contributed by atoms with Crippen LogP contribution in [0.3, 0.4) is 0 Å². The summed E-state index contributed by atoms with van der Waals surface area (Å²) in [6, 6.07) is 6.29. The van der Waals surface area contributed by atoms with Gasteiger partial charge >= 0.3 is 0 Å². The van der Waals surface area contributed by atoms with Crippen molar-refractivity contribution in [3.8, 4) is 0 Å². The molecule has 1 aromatic rings. The number of nitrogens with one attached hydrogen (secondary N) is 1. The van der Waals surface area contributed by atoms with Crippen molar-refractivity contribution in [2.45, 2.75) is 6.42 Å². The number of hydrogen-bond donors (Lipinski definition) is 1. The van der Waals surface area contributed by atoms with Gasteiger partial charge in [0.25, 0.3) is 0 Å². The van der Waals surface area contributed by atoms with Crippen molar-refractivity contribution in [3.05, 3.63) is 23.8 Å². The highest BCUT2D eigenvalue weighted by Crippen LogP contribution is 2.32. The highest BCUT2D eigenvalue weighted by molar-refractivity contribution is 6.01. The number of carbonyl (C=O) groups is 1. The molecule has 3 rings (SSSR count). The van der Waals surface area contributed by atoms with Crippen molar-refractivity contribution in [2.75, 3.05) is 49.8 Å². The Morgan fingerprint density at radius 1 is 1.32 bits per heavy atom. The first kappa shape index (κ1) is 12.4. The van der Waals surface area contributed by atoms with E-state index in [1.54, 1.807) is 12.0 Å². The maximum absolute atomic E-state index is 11.9. The average Bonchev–Trinajstić information content (AvgIpc) is 2.76. The molecular formula is C14H19N3O2. The van der Waals surface area contributed by atoms with Gasteiger partial charge in [0, 0.05) is 44.7 Å². The highest BCUT2D eigenvalue weighted by atomic mass is 16.5. The standard InChI is InChI=1S/C14H19N3O2/c1-19-10-17-13-3-2-12(8-11(13)9-14(17)18)16-6-4-15-5-7-16/h2-3,8,15H,4-7,9-10H2,1H3. The Morgan fingerprint density at radius 2 is 2.11 bits per heavy atom. The summed E-state index contributed by atoms with van der Waals surface area (Å²) in [7, 11) is 1.61. The largest absolute Gasteiger partial charge is 0.369 e. The fraction of sp³-hybridized carbons (Fsp3) is 0.500. The molecule has 2 aliphatic rings. The first-order valence-corrected chi connectivity index (χ1v) is 6.67. The van der Waals surface area contributed by atoms with Crippen LogP contribution in [-0.4, -0.2) is 45.9 Å². The van der Waals surface area contributed by atoms with Gasteiger partial charge in [-0.2, -0.15) is 0 Å². The third-order valence-corrected chi connectivity index (χ3v) is 3.74. The molecule has 1 fully saturated rings. The van der Waals surface area contributed by atoms with Crippen molar-refractivity contribution in [2.24, 2.45) is 0 Å². The van der Waals surface area contributed by atoms with E-state index < -0.39 is 0 Å². The molecule has 1 N–H and O–H groups in total. The minimum Gasteiger partial charge on any atom is -0.369 e. The predicted molar refractivity (Wildman–Crippen MR) is 74.6 cm³/mol. The van der Waals surface area contributed by atoms with Crippen molar-refractivity contribution < 1.29 is 9.53 Å². The summed E-state index contributed by atoms with van der Waals surface area (Å²) in [6.07, 6.45) is 0.485. The van der Waals surface area contributed by atoms with E-state index in [9.17, 15) is 4.79 Å². The van der Waals surface area contributed by atoms with Crippen LogP contribution in [0.5, 0.6) is 0 Å². The highest BCUT2D eigenvalue weighted by Gasteiger charge is 2.27. The maximum Gasteiger partial charge on any atom is 0.233 e. The molecule has 0 atom stereocenters. The summed E-state index contributed by atoms with van der Waals surface area (Å²) >= 11 is 0. The van der Waals surface area contributed by atoms with E-state index in [0.717, 1.165) is 37.4 Å². The van der Waals surface area contributed by atoms with E-state index in [-0.39, 0.29) is 5.91 Å². The van der Waals surface area contributed by atoms with Crippen LogP contribution >= 0.6 is 0 Å². The summed E-state index contributed by atoms with van der Waals surface area (Å²) < 4.78 is 5.09. The summed E-state index contributed by atoms with van der Waals surface area (Å²) in [4.78, 5) is 16.0. The molecular weight excluding hydrogens is 242 g/mol. The fourth-order valence-electron chi connectivity index (χ4n) is 2.76. The zero-order chi connectivity index (χ0) is 13.2. The summed E-state index contributed by atoms with van der Waals surface area (Å²) in [5.74, 6) is 0.120. The summed E-state index contributed by atoms with van der Waals surface area (Å²) in [5.41, 5.74) is 3.32. The Bertz CT molecular complexity index is 484. The second-order valence-electron chi connectivity index (χ2n) is 4.97. The number of nitrogens with zero attached hydrogens (tertiary/aromatic N) is 2. The fourth-order valence-corrected chi connectivity index (χ4v) is 2.76. The smallest absolute Gasteiger partial charge is 0.233 e. The Kier molecular flexibility index (Phi) is 3.40. The molecule has 1 saturated heterocycles. The Balaban J connectivity index is 1.85. The SMILES string of the molecule is COCN1C(=O)Cc2cc(N3CCNCC3)ccc21. The van der Waals surface area contributed by atoms with Crippen LogP contribution < -0.4 is 15.1 Å².